The zero-order chi connectivity index (χ0) is 31.1. The number of aromatic amines is 1. The normalized spacial score (nSPS) is 32.9. The van der Waals surface area contributed by atoms with Crippen molar-refractivity contribution in [2.24, 2.45) is 29.1 Å². The van der Waals surface area contributed by atoms with Crippen LogP contribution in [0.3, 0.4) is 0 Å². The van der Waals surface area contributed by atoms with Crippen LogP contribution >= 0.6 is 0 Å². The van der Waals surface area contributed by atoms with Gasteiger partial charge in [0.1, 0.15) is 11.3 Å². The number of likely N-dealkylation sites (tertiary alicyclic amines) is 1. The number of amides is 2. The smallest absolute Gasteiger partial charge is 0.246 e. The molecule has 4 bridgehead atoms. The van der Waals surface area contributed by atoms with Crippen LogP contribution < -0.4 is 5.32 Å². The molecule has 0 spiro atoms. The largest absolute Gasteiger partial charge is 0.467 e. The summed E-state index contributed by atoms with van der Waals surface area (Å²) in [6, 6.07) is 12.3. The van der Waals surface area contributed by atoms with E-state index >= 15 is 0 Å². The second-order valence-electron chi connectivity index (χ2n) is 16.4. The lowest BCUT2D eigenvalue weighted by Crippen LogP contribution is -2.69. The first-order chi connectivity index (χ1) is 21.6. The average molecular weight is 611 g/mol. The predicted molar refractivity (Wildman–Crippen MR) is 175 cm³/mol. The molecule has 6 aliphatic rings. The van der Waals surface area contributed by atoms with Gasteiger partial charge in [-0.3, -0.25) is 9.59 Å². The van der Waals surface area contributed by atoms with E-state index in [1.165, 1.54) is 35.9 Å². The molecule has 2 amide bonds. The number of aryl methyl sites for hydroxylation is 1. The maximum atomic E-state index is 14.9. The first-order valence-electron chi connectivity index (χ1n) is 17.5. The number of hydrogen-bond acceptors (Lipinski definition) is 4. The van der Waals surface area contributed by atoms with Crippen molar-refractivity contribution in [3.8, 4) is 0 Å². The Kier molecular flexibility index (Phi) is 6.84. The second kappa shape index (κ2) is 10.5. The molecule has 7 nitrogen and oxygen atoms in total. The number of carbonyl (C=O) groups excluding carboxylic acids is 2. The Labute approximate surface area is 267 Å². The number of para-hydroxylation sites is 1. The van der Waals surface area contributed by atoms with Crippen LogP contribution in [0, 0.1) is 36.0 Å². The number of nitrogens with zero attached hydrogens (tertiary/aromatic N) is 2. The molecule has 0 radical (unpaired) electrons. The molecule has 2 aromatic heterocycles. The van der Waals surface area contributed by atoms with Gasteiger partial charge in [0.2, 0.25) is 11.8 Å². The number of aromatic nitrogens is 1. The molecule has 240 valence electrons. The van der Waals surface area contributed by atoms with Gasteiger partial charge in [0.25, 0.3) is 0 Å². The van der Waals surface area contributed by atoms with Crippen molar-refractivity contribution in [1.29, 1.82) is 0 Å². The fraction of sp³-hybridized carbons (Fsp3) is 0.632. The van der Waals surface area contributed by atoms with E-state index in [1.807, 2.05) is 17.0 Å². The van der Waals surface area contributed by atoms with Gasteiger partial charge >= 0.3 is 0 Å². The predicted octanol–water partition coefficient (Wildman–Crippen LogP) is 6.78. The van der Waals surface area contributed by atoms with E-state index in [0.29, 0.717) is 25.8 Å². The number of carbonyl (C=O) groups is 2. The fourth-order valence-corrected chi connectivity index (χ4v) is 11.0. The first-order valence-corrected chi connectivity index (χ1v) is 17.5. The molecule has 3 heterocycles. The van der Waals surface area contributed by atoms with E-state index in [-0.39, 0.29) is 34.6 Å². The number of H-pyrrole nitrogens is 1. The summed E-state index contributed by atoms with van der Waals surface area (Å²) in [6.45, 7) is 8.68. The SMILES string of the molecule is Cc1[nH]c2ccccc2c1[C@@H]1[C@@H](CC(=O)N(Cc2ccco2)C2(C(=O)NC34CC5CC(CC(C5)C3)C4)CCN(C)CC2)C1(C)C. The van der Waals surface area contributed by atoms with Crippen LogP contribution in [0.25, 0.3) is 10.9 Å². The molecule has 1 aromatic carbocycles. The number of rotatable bonds is 8. The van der Waals surface area contributed by atoms with Crippen molar-refractivity contribution in [1.82, 2.24) is 20.1 Å². The Bertz CT molecular complexity index is 1560. The second-order valence-corrected chi connectivity index (χ2v) is 16.4. The molecule has 3 aromatic rings. The Morgan fingerprint density at radius 1 is 1.00 bits per heavy atom. The third-order valence-corrected chi connectivity index (χ3v) is 13.1. The molecule has 0 unspecified atom stereocenters. The number of hydrogen-bond donors (Lipinski definition) is 2. The molecule has 1 aliphatic heterocycles. The fourth-order valence-electron chi connectivity index (χ4n) is 11.0. The third kappa shape index (κ3) is 4.87. The molecule has 5 saturated carbocycles. The van der Waals surface area contributed by atoms with Crippen LogP contribution in [-0.4, -0.2) is 57.8 Å². The van der Waals surface area contributed by atoms with Gasteiger partial charge in [0.05, 0.1) is 12.8 Å². The molecular weight excluding hydrogens is 560 g/mol. The molecule has 1 saturated heterocycles. The lowest BCUT2D eigenvalue weighted by Gasteiger charge is -2.58. The van der Waals surface area contributed by atoms with E-state index in [9.17, 15) is 9.59 Å². The third-order valence-electron chi connectivity index (χ3n) is 13.1. The summed E-state index contributed by atoms with van der Waals surface area (Å²) in [7, 11) is 2.13. The van der Waals surface area contributed by atoms with Crippen molar-refractivity contribution in [3.63, 3.8) is 0 Å². The van der Waals surface area contributed by atoms with Crippen molar-refractivity contribution in [2.75, 3.05) is 20.1 Å². The highest BCUT2D eigenvalue weighted by Crippen LogP contribution is 2.67. The summed E-state index contributed by atoms with van der Waals surface area (Å²) in [4.78, 5) is 37.6. The summed E-state index contributed by atoms with van der Waals surface area (Å²) in [5.41, 5.74) is 2.70. The van der Waals surface area contributed by atoms with Crippen molar-refractivity contribution in [2.45, 2.75) is 102 Å². The standard InChI is InChI=1S/C38H50N4O3/c1-24-33(29-9-5-6-10-31(29)39-24)34-30(36(34,2)3)19-32(43)42(23-28-8-7-15-45-28)38(11-13-41(4)14-12-38)35(44)40-37-20-25-16-26(21-37)18-27(17-25)22-37/h5-10,15,25-27,30,34,39H,11-14,16-23H2,1-4H3,(H,40,44)/t25?,26?,27?,30-,34+,37?/m1/s1. The minimum Gasteiger partial charge on any atom is -0.467 e. The van der Waals surface area contributed by atoms with Crippen LogP contribution in [0.5, 0.6) is 0 Å². The molecule has 45 heavy (non-hydrogen) atoms. The average Bonchev–Trinajstić information content (AvgIpc) is 3.35. The zero-order valence-electron chi connectivity index (χ0n) is 27.5. The van der Waals surface area contributed by atoms with Gasteiger partial charge in [-0.05, 0) is 124 Å². The highest BCUT2D eigenvalue weighted by molar-refractivity contribution is 5.93. The quantitative estimate of drug-likeness (QED) is 0.295. The van der Waals surface area contributed by atoms with Crippen LogP contribution in [0.1, 0.15) is 94.6 Å². The summed E-state index contributed by atoms with van der Waals surface area (Å²) >= 11 is 0. The number of furan rings is 1. The van der Waals surface area contributed by atoms with Crippen LogP contribution in [-0.2, 0) is 16.1 Å². The van der Waals surface area contributed by atoms with Crippen LogP contribution in [0.15, 0.2) is 47.1 Å². The molecule has 5 aliphatic carbocycles. The van der Waals surface area contributed by atoms with E-state index in [1.54, 1.807) is 6.26 Å². The van der Waals surface area contributed by atoms with Gasteiger partial charge in [-0.2, -0.15) is 0 Å². The van der Waals surface area contributed by atoms with Gasteiger partial charge in [-0.1, -0.05) is 32.0 Å². The minimum atomic E-state index is -0.884. The maximum Gasteiger partial charge on any atom is 0.246 e. The number of piperidine rings is 1. The molecule has 2 atom stereocenters. The number of fused-ring (bicyclic) bond motifs is 1. The molecule has 9 rings (SSSR count). The molecule has 2 N–H and O–H groups in total. The summed E-state index contributed by atoms with van der Waals surface area (Å²) in [5.74, 6) is 3.62. The number of nitrogens with one attached hydrogen (secondary N) is 2. The van der Waals surface area contributed by atoms with Gasteiger partial charge < -0.3 is 24.5 Å². The Morgan fingerprint density at radius 2 is 1.67 bits per heavy atom. The maximum absolute atomic E-state index is 14.9. The summed E-state index contributed by atoms with van der Waals surface area (Å²) < 4.78 is 5.85. The Hall–Kier alpha value is -3.06. The summed E-state index contributed by atoms with van der Waals surface area (Å²) in [6.07, 6.45) is 10.7. The molecular formula is C38H50N4O3. The van der Waals surface area contributed by atoms with Crippen LogP contribution in [0.4, 0.5) is 0 Å². The highest BCUT2D eigenvalue weighted by atomic mass is 16.3. The van der Waals surface area contributed by atoms with E-state index < -0.39 is 5.54 Å². The first kappa shape index (κ1) is 29.3. The van der Waals surface area contributed by atoms with Crippen molar-refractivity contribution < 1.29 is 14.0 Å². The van der Waals surface area contributed by atoms with Gasteiger partial charge in [0.15, 0.2) is 0 Å². The minimum absolute atomic E-state index is 0.0108. The monoisotopic (exact) mass is 610 g/mol. The lowest BCUT2D eigenvalue weighted by molar-refractivity contribution is -0.156. The van der Waals surface area contributed by atoms with Crippen molar-refractivity contribution in [3.05, 3.63) is 59.7 Å². The summed E-state index contributed by atoms with van der Waals surface area (Å²) in [5, 5.41) is 4.98. The van der Waals surface area contributed by atoms with E-state index in [4.69, 9.17) is 4.42 Å². The van der Waals surface area contributed by atoms with Crippen molar-refractivity contribution >= 4 is 22.7 Å². The van der Waals surface area contributed by atoms with E-state index in [2.05, 4.69) is 67.3 Å². The Morgan fingerprint density at radius 3 is 2.31 bits per heavy atom. The molecule has 6 fully saturated rings. The zero-order valence-corrected chi connectivity index (χ0v) is 27.5. The van der Waals surface area contributed by atoms with Gasteiger partial charge in [-0.15, -0.1) is 0 Å². The van der Waals surface area contributed by atoms with Gasteiger partial charge in [-0.25, -0.2) is 0 Å². The Balaban J connectivity index is 1.11. The topological polar surface area (TPSA) is 81.6 Å². The van der Waals surface area contributed by atoms with E-state index in [0.717, 1.165) is 61.4 Å². The van der Waals surface area contributed by atoms with Crippen LogP contribution in [0.2, 0.25) is 0 Å². The lowest BCUT2D eigenvalue weighted by atomic mass is 9.53. The highest BCUT2D eigenvalue weighted by Gasteiger charge is 2.61. The molecule has 7 heteroatoms. The number of benzene rings is 1. The van der Waals surface area contributed by atoms with Gasteiger partial charge in [0, 0.05) is 41.6 Å².